The van der Waals surface area contributed by atoms with E-state index in [1.165, 1.54) is 5.56 Å². The highest BCUT2D eigenvalue weighted by Crippen LogP contribution is 2.37. The Kier molecular flexibility index (Phi) is 4.66. The largest absolute Gasteiger partial charge is 0.454 e. The third-order valence-corrected chi connectivity index (χ3v) is 3.73. The molecule has 0 radical (unpaired) electrons. The van der Waals surface area contributed by atoms with Crippen molar-refractivity contribution in [1.29, 1.82) is 0 Å². The van der Waals surface area contributed by atoms with Gasteiger partial charge in [-0.05, 0) is 51.3 Å². The van der Waals surface area contributed by atoms with Gasteiger partial charge < -0.3 is 19.7 Å². The minimum Gasteiger partial charge on any atom is -0.454 e. The highest BCUT2D eigenvalue weighted by atomic mass is 16.7. The maximum atomic E-state index is 5.49. The lowest BCUT2D eigenvalue weighted by Crippen LogP contribution is -2.32. The van der Waals surface area contributed by atoms with Crippen molar-refractivity contribution in [2.45, 2.75) is 19.4 Å². The molecular weight excluding hydrogens is 240 g/mol. The summed E-state index contributed by atoms with van der Waals surface area (Å²) in [7, 11) is 6.27. The van der Waals surface area contributed by atoms with Gasteiger partial charge in [-0.25, -0.2) is 0 Å². The Morgan fingerprint density at radius 2 is 2.00 bits per heavy atom. The molecule has 0 saturated carbocycles. The van der Waals surface area contributed by atoms with Crippen molar-refractivity contribution >= 4 is 0 Å². The fourth-order valence-corrected chi connectivity index (χ4v) is 2.83. The average molecular weight is 264 g/mol. The lowest BCUT2D eigenvalue weighted by atomic mass is 9.89. The van der Waals surface area contributed by atoms with Gasteiger partial charge in [-0.2, -0.15) is 0 Å². The fraction of sp³-hybridized carbons (Fsp3) is 0.600. The molecule has 1 aliphatic rings. The SMILES string of the molecule is CCC(CNC)C(c1ccc2c(c1)OCO2)N(C)C. The van der Waals surface area contributed by atoms with Crippen LogP contribution in [0.5, 0.6) is 11.5 Å². The molecule has 0 saturated heterocycles. The van der Waals surface area contributed by atoms with Crippen LogP contribution >= 0.6 is 0 Å². The monoisotopic (exact) mass is 264 g/mol. The molecule has 0 aliphatic carbocycles. The first-order valence-corrected chi connectivity index (χ1v) is 6.88. The maximum absolute atomic E-state index is 5.49. The third kappa shape index (κ3) is 3.01. The van der Waals surface area contributed by atoms with E-state index >= 15 is 0 Å². The topological polar surface area (TPSA) is 33.7 Å². The van der Waals surface area contributed by atoms with Crippen LogP contribution in [0.3, 0.4) is 0 Å². The van der Waals surface area contributed by atoms with Crippen molar-refractivity contribution in [1.82, 2.24) is 10.2 Å². The second-order valence-electron chi connectivity index (χ2n) is 5.25. The zero-order valence-corrected chi connectivity index (χ0v) is 12.3. The molecule has 0 bridgehead atoms. The predicted molar refractivity (Wildman–Crippen MR) is 76.7 cm³/mol. The van der Waals surface area contributed by atoms with Gasteiger partial charge in [0.05, 0.1) is 0 Å². The Labute approximate surface area is 115 Å². The maximum Gasteiger partial charge on any atom is 0.231 e. The summed E-state index contributed by atoms with van der Waals surface area (Å²) in [5.74, 6) is 2.28. The van der Waals surface area contributed by atoms with Gasteiger partial charge in [0.2, 0.25) is 6.79 Å². The van der Waals surface area contributed by atoms with Crippen LogP contribution in [0.4, 0.5) is 0 Å². The summed E-state index contributed by atoms with van der Waals surface area (Å²) in [6.45, 7) is 3.58. The van der Waals surface area contributed by atoms with Crippen LogP contribution < -0.4 is 14.8 Å². The Balaban J connectivity index is 2.28. The third-order valence-electron chi connectivity index (χ3n) is 3.73. The van der Waals surface area contributed by atoms with E-state index in [9.17, 15) is 0 Å². The van der Waals surface area contributed by atoms with Crippen LogP contribution in [0, 0.1) is 5.92 Å². The highest BCUT2D eigenvalue weighted by molar-refractivity contribution is 5.45. The van der Waals surface area contributed by atoms with Crippen LogP contribution in [-0.2, 0) is 0 Å². The van der Waals surface area contributed by atoms with Gasteiger partial charge in [-0.15, -0.1) is 0 Å². The normalized spacial score (nSPS) is 16.7. The van der Waals surface area contributed by atoms with Crippen LogP contribution in [0.2, 0.25) is 0 Å². The number of nitrogens with one attached hydrogen (secondary N) is 1. The molecule has 19 heavy (non-hydrogen) atoms. The van der Waals surface area contributed by atoms with Crippen molar-refractivity contribution in [2.75, 3.05) is 34.5 Å². The van der Waals surface area contributed by atoms with E-state index in [0.717, 1.165) is 24.5 Å². The van der Waals surface area contributed by atoms with Gasteiger partial charge in [0, 0.05) is 6.04 Å². The number of ether oxygens (including phenoxy) is 2. The van der Waals surface area contributed by atoms with Crippen LogP contribution in [0.25, 0.3) is 0 Å². The van der Waals surface area contributed by atoms with E-state index in [1.54, 1.807) is 0 Å². The van der Waals surface area contributed by atoms with E-state index in [2.05, 4.69) is 43.4 Å². The number of benzene rings is 1. The number of rotatable bonds is 6. The van der Waals surface area contributed by atoms with Gasteiger partial charge in [-0.3, -0.25) is 0 Å². The second-order valence-corrected chi connectivity index (χ2v) is 5.25. The zero-order chi connectivity index (χ0) is 13.8. The van der Waals surface area contributed by atoms with Crippen molar-refractivity contribution in [3.05, 3.63) is 23.8 Å². The average Bonchev–Trinajstić information content (AvgIpc) is 2.85. The molecule has 0 fully saturated rings. The molecule has 1 aromatic rings. The molecule has 0 spiro atoms. The van der Waals surface area contributed by atoms with Gasteiger partial charge >= 0.3 is 0 Å². The molecular formula is C15H24N2O2. The Bertz CT molecular complexity index is 421. The molecule has 1 heterocycles. The van der Waals surface area contributed by atoms with Gasteiger partial charge in [0.25, 0.3) is 0 Å². The van der Waals surface area contributed by atoms with Crippen LogP contribution in [-0.4, -0.2) is 39.4 Å². The van der Waals surface area contributed by atoms with E-state index in [1.807, 2.05) is 13.1 Å². The lowest BCUT2D eigenvalue weighted by molar-refractivity contribution is 0.173. The minimum atomic E-state index is 0.332. The number of hydrogen-bond donors (Lipinski definition) is 1. The standard InChI is InChI=1S/C15H24N2O2/c1-5-11(9-16-2)15(17(3)4)12-6-7-13-14(8-12)19-10-18-13/h6-8,11,15-16H,5,9-10H2,1-4H3. The summed E-state index contributed by atoms with van der Waals surface area (Å²) in [4.78, 5) is 2.28. The summed E-state index contributed by atoms with van der Waals surface area (Å²) >= 11 is 0. The van der Waals surface area contributed by atoms with Gasteiger partial charge in [0.1, 0.15) is 0 Å². The Morgan fingerprint density at radius 1 is 1.26 bits per heavy atom. The molecule has 1 aliphatic heterocycles. The number of nitrogens with zero attached hydrogens (tertiary/aromatic N) is 1. The summed E-state index contributed by atoms with van der Waals surface area (Å²) < 4.78 is 10.9. The van der Waals surface area contributed by atoms with Gasteiger partial charge in [-0.1, -0.05) is 19.4 Å². The molecule has 1 aromatic carbocycles. The number of fused-ring (bicyclic) bond motifs is 1. The Morgan fingerprint density at radius 3 is 2.63 bits per heavy atom. The lowest BCUT2D eigenvalue weighted by Gasteiger charge is -2.32. The van der Waals surface area contributed by atoms with E-state index < -0.39 is 0 Å². The second kappa shape index (κ2) is 6.26. The van der Waals surface area contributed by atoms with E-state index in [4.69, 9.17) is 9.47 Å². The summed E-state index contributed by atoms with van der Waals surface area (Å²) in [6, 6.07) is 6.66. The minimum absolute atomic E-state index is 0.332. The summed E-state index contributed by atoms with van der Waals surface area (Å²) in [5.41, 5.74) is 1.29. The Hall–Kier alpha value is -1.26. The first-order valence-electron chi connectivity index (χ1n) is 6.88. The van der Waals surface area contributed by atoms with Gasteiger partial charge in [0.15, 0.2) is 11.5 Å². The highest BCUT2D eigenvalue weighted by Gasteiger charge is 2.25. The molecule has 1 N–H and O–H groups in total. The fourth-order valence-electron chi connectivity index (χ4n) is 2.83. The van der Waals surface area contributed by atoms with Crippen molar-refractivity contribution in [2.24, 2.45) is 5.92 Å². The van der Waals surface area contributed by atoms with Crippen molar-refractivity contribution in [3.8, 4) is 11.5 Å². The predicted octanol–water partition coefficient (Wildman–Crippen LogP) is 2.26. The molecule has 0 aromatic heterocycles. The molecule has 2 atom stereocenters. The molecule has 106 valence electrons. The first-order chi connectivity index (χ1) is 9.17. The molecule has 0 amide bonds. The van der Waals surface area contributed by atoms with Crippen LogP contribution in [0.1, 0.15) is 24.9 Å². The van der Waals surface area contributed by atoms with Crippen molar-refractivity contribution in [3.63, 3.8) is 0 Å². The van der Waals surface area contributed by atoms with Crippen molar-refractivity contribution < 1.29 is 9.47 Å². The molecule has 2 unspecified atom stereocenters. The number of hydrogen-bond acceptors (Lipinski definition) is 4. The van der Waals surface area contributed by atoms with Crippen LogP contribution in [0.15, 0.2) is 18.2 Å². The van der Waals surface area contributed by atoms with E-state index in [-0.39, 0.29) is 0 Å². The molecule has 4 nitrogen and oxygen atoms in total. The summed E-state index contributed by atoms with van der Waals surface area (Å²) in [5, 5.41) is 3.29. The van der Waals surface area contributed by atoms with E-state index in [0.29, 0.717) is 18.8 Å². The smallest absolute Gasteiger partial charge is 0.231 e. The summed E-state index contributed by atoms with van der Waals surface area (Å²) in [6.07, 6.45) is 1.14. The molecule has 2 rings (SSSR count). The zero-order valence-electron chi connectivity index (χ0n) is 12.3. The first kappa shape index (κ1) is 14.2. The quantitative estimate of drug-likeness (QED) is 0.854. The molecule has 4 heteroatoms.